The molecule has 0 spiro atoms. The van der Waals surface area contributed by atoms with Gasteiger partial charge < -0.3 is 4.84 Å². The van der Waals surface area contributed by atoms with Crippen molar-refractivity contribution in [2.75, 3.05) is 0 Å². The van der Waals surface area contributed by atoms with Gasteiger partial charge in [0, 0.05) is 0 Å². The highest BCUT2D eigenvalue weighted by Gasteiger charge is 2.38. The van der Waals surface area contributed by atoms with E-state index in [9.17, 15) is 18.8 Å². The van der Waals surface area contributed by atoms with Crippen molar-refractivity contribution in [3.63, 3.8) is 0 Å². The minimum atomic E-state index is -0.764. The molecule has 0 radical (unpaired) electrons. The fraction of sp³-hybridized carbons (Fsp3) is 0.118. The topological polar surface area (TPSA) is 63.7 Å². The van der Waals surface area contributed by atoms with Crippen LogP contribution in [0.15, 0.2) is 42.5 Å². The number of hydrogen-bond donors (Lipinski definition) is 0. The van der Waals surface area contributed by atoms with Crippen LogP contribution in [0, 0.1) is 5.82 Å². The number of imide groups is 1. The van der Waals surface area contributed by atoms with Crippen LogP contribution in [0.5, 0.6) is 0 Å². The molecule has 0 aliphatic carbocycles. The van der Waals surface area contributed by atoms with Crippen LogP contribution in [-0.4, -0.2) is 22.8 Å². The van der Waals surface area contributed by atoms with Crippen molar-refractivity contribution in [2.45, 2.75) is 12.8 Å². The van der Waals surface area contributed by atoms with Crippen LogP contribution in [0.4, 0.5) is 4.39 Å². The molecule has 0 N–H and O–H groups in total. The third-order valence-electron chi connectivity index (χ3n) is 3.55. The number of rotatable bonds is 4. The monoisotopic (exact) mass is 347 g/mol. The Bertz CT molecular complexity index is 817. The molecule has 5 nitrogen and oxygen atoms in total. The van der Waals surface area contributed by atoms with Crippen LogP contribution in [0.3, 0.4) is 0 Å². The highest BCUT2D eigenvalue weighted by Crippen LogP contribution is 2.23. The third kappa shape index (κ3) is 3.00. The number of fused-ring (bicyclic) bond motifs is 1. The number of carbonyl (C=O) groups is 3. The lowest BCUT2D eigenvalue weighted by Crippen LogP contribution is -2.32. The van der Waals surface area contributed by atoms with E-state index in [1.165, 1.54) is 24.3 Å². The van der Waals surface area contributed by atoms with Crippen LogP contribution >= 0.6 is 11.6 Å². The molecular formula is C17H11ClFNO4. The number of benzene rings is 2. The van der Waals surface area contributed by atoms with Gasteiger partial charge in [-0.05, 0) is 36.2 Å². The van der Waals surface area contributed by atoms with Crippen molar-refractivity contribution in [3.05, 3.63) is 70.0 Å². The molecule has 2 aromatic rings. The molecule has 2 amide bonds. The van der Waals surface area contributed by atoms with Gasteiger partial charge >= 0.3 is 5.97 Å². The van der Waals surface area contributed by atoms with Gasteiger partial charge in [0.2, 0.25) is 0 Å². The largest absolute Gasteiger partial charge is 0.333 e. The molecule has 2 aromatic carbocycles. The summed E-state index contributed by atoms with van der Waals surface area (Å²) in [6.07, 6.45) is 0.0740. The smallest absolute Gasteiger partial charge is 0.330 e. The molecule has 0 saturated heterocycles. The number of hydrogen-bond acceptors (Lipinski definition) is 4. The standard InChI is InChI=1S/C17H11ClFNO4/c18-13-7-5-10(9-14(13)19)6-8-15(21)24-20-16(22)11-3-1-2-4-12(11)17(20)23/h1-5,7,9H,6,8H2. The highest BCUT2D eigenvalue weighted by molar-refractivity contribution is 6.30. The van der Waals surface area contributed by atoms with Crippen LogP contribution in [0.25, 0.3) is 0 Å². The van der Waals surface area contributed by atoms with Gasteiger partial charge in [-0.25, -0.2) is 9.18 Å². The molecule has 122 valence electrons. The van der Waals surface area contributed by atoms with E-state index in [-0.39, 0.29) is 29.0 Å². The maximum absolute atomic E-state index is 13.3. The van der Waals surface area contributed by atoms with Crippen LogP contribution in [0.1, 0.15) is 32.7 Å². The van der Waals surface area contributed by atoms with Gasteiger partial charge in [-0.15, -0.1) is 0 Å². The SMILES string of the molecule is O=C(CCc1ccc(Cl)c(F)c1)ON1C(=O)c2ccccc2C1=O. The predicted octanol–water partition coefficient (Wildman–Crippen LogP) is 3.17. The first-order chi connectivity index (χ1) is 11.5. The molecule has 0 atom stereocenters. The first-order valence-electron chi connectivity index (χ1n) is 7.10. The molecule has 1 heterocycles. The molecular weight excluding hydrogens is 337 g/mol. The first kappa shape index (κ1) is 16.1. The molecule has 1 aliphatic rings. The van der Waals surface area contributed by atoms with Crippen LogP contribution in [-0.2, 0) is 16.1 Å². The van der Waals surface area contributed by atoms with Crippen molar-refractivity contribution in [1.82, 2.24) is 5.06 Å². The molecule has 0 aromatic heterocycles. The van der Waals surface area contributed by atoms with E-state index in [1.54, 1.807) is 18.2 Å². The number of amides is 2. The van der Waals surface area contributed by atoms with Gasteiger partial charge in [0.05, 0.1) is 22.6 Å². The average molecular weight is 348 g/mol. The maximum Gasteiger partial charge on any atom is 0.333 e. The Balaban J connectivity index is 1.63. The zero-order valence-electron chi connectivity index (χ0n) is 12.3. The summed E-state index contributed by atoms with van der Waals surface area (Å²) in [4.78, 5) is 40.9. The summed E-state index contributed by atoms with van der Waals surface area (Å²) in [5.41, 5.74) is 0.932. The van der Waals surface area contributed by atoms with Crippen LogP contribution < -0.4 is 0 Å². The lowest BCUT2D eigenvalue weighted by atomic mass is 10.1. The van der Waals surface area contributed by atoms with Gasteiger partial charge in [0.25, 0.3) is 11.8 Å². The van der Waals surface area contributed by atoms with E-state index in [1.807, 2.05) is 0 Å². The van der Waals surface area contributed by atoms with Crippen molar-refractivity contribution in [3.8, 4) is 0 Å². The quantitative estimate of drug-likeness (QED) is 0.797. The zero-order chi connectivity index (χ0) is 17.3. The summed E-state index contributed by atoms with van der Waals surface area (Å²) in [7, 11) is 0. The van der Waals surface area contributed by atoms with Crippen LogP contribution in [0.2, 0.25) is 5.02 Å². The zero-order valence-corrected chi connectivity index (χ0v) is 13.0. The van der Waals surface area contributed by atoms with E-state index in [0.29, 0.717) is 10.6 Å². The predicted molar refractivity (Wildman–Crippen MR) is 82.8 cm³/mol. The van der Waals surface area contributed by atoms with Gasteiger partial charge in [0.1, 0.15) is 5.82 Å². The molecule has 0 saturated carbocycles. The maximum atomic E-state index is 13.3. The number of hydroxylamine groups is 2. The summed E-state index contributed by atoms with van der Waals surface area (Å²) in [6, 6.07) is 10.4. The first-order valence-corrected chi connectivity index (χ1v) is 7.47. The second-order valence-corrected chi connectivity index (χ2v) is 5.57. The number of halogens is 2. The normalized spacial score (nSPS) is 13.2. The average Bonchev–Trinajstić information content (AvgIpc) is 2.81. The second-order valence-electron chi connectivity index (χ2n) is 5.16. The van der Waals surface area contributed by atoms with Gasteiger partial charge in [-0.3, -0.25) is 9.59 Å². The van der Waals surface area contributed by atoms with E-state index in [4.69, 9.17) is 16.4 Å². The summed E-state index contributed by atoms with van der Waals surface area (Å²) >= 11 is 5.58. The Morgan fingerprint density at radius 1 is 1.08 bits per heavy atom. The molecule has 0 fully saturated rings. The number of aryl methyl sites for hydroxylation is 1. The van der Waals surface area contributed by atoms with E-state index in [2.05, 4.69) is 0 Å². The van der Waals surface area contributed by atoms with E-state index < -0.39 is 23.6 Å². The lowest BCUT2D eigenvalue weighted by molar-refractivity contribution is -0.168. The molecule has 3 rings (SSSR count). The van der Waals surface area contributed by atoms with Gasteiger partial charge in [-0.1, -0.05) is 34.9 Å². The molecule has 0 unspecified atom stereocenters. The molecule has 24 heavy (non-hydrogen) atoms. The fourth-order valence-corrected chi connectivity index (χ4v) is 2.46. The van der Waals surface area contributed by atoms with Crippen molar-refractivity contribution < 1.29 is 23.6 Å². The lowest BCUT2D eigenvalue weighted by Gasteiger charge is -2.12. The summed E-state index contributed by atoms with van der Waals surface area (Å²) < 4.78 is 13.3. The molecule has 1 aliphatic heterocycles. The Morgan fingerprint density at radius 3 is 2.29 bits per heavy atom. The number of nitrogens with zero attached hydrogens (tertiary/aromatic N) is 1. The summed E-state index contributed by atoms with van der Waals surface area (Å²) in [5.74, 6) is -2.70. The van der Waals surface area contributed by atoms with Crippen molar-refractivity contribution in [2.24, 2.45) is 0 Å². The Labute approximate surface area is 141 Å². The molecule has 7 heteroatoms. The van der Waals surface area contributed by atoms with Gasteiger partial charge in [-0.2, -0.15) is 0 Å². The Morgan fingerprint density at radius 2 is 1.71 bits per heavy atom. The Kier molecular flexibility index (Phi) is 4.31. The summed E-state index contributed by atoms with van der Waals surface area (Å²) in [6.45, 7) is 0. The van der Waals surface area contributed by atoms with E-state index >= 15 is 0 Å². The third-order valence-corrected chi connectivity index (χ3v) is 3.86. The minimum Gasteiger partial charge on any atom is -0.330 e. The fourth-order valence-electron chi connectivity index (χ4n) is 2.34. The Hall–Kier alpha value is -2.73. The van der Waals surface area contributed by atoms with E-state index in [0.717, 1.165) is 0 Å². The highest BCUT2D eigenvalue weighted by atomic mass is 35.5. The van der Waals surface area contributed by atoms with Crippen molar-refractivity contribution in [1.29, 1.82) is 0 Å². The number of carbonyl (C=O) groups excluding carboxylic acids is 3. The van der Waals surface area contributed by atoms with Gasteiger partial charge in [0.15, 0.2) is 0 Å². The minimum absolute atomic E-state index is 0.00708. The second kappa shape index (κ2) is 6.41. The van der Waals surface area contributed by atoms with Crippen molar-refractivity contribution >= 4 is 29.4 Å². The summed E-state index contributed by atoms with van der Waals surface area (Å²) in [5, 5.41) is 0.447. The molecule has 0 bridgehead atoms.